The van der Waals surface area contributed by atoms with Crippen molar-refractivity contribution < 1.29 is 0 Å². The van der Waals surface area contributed by atoms with Crippen LogP contribution < -0.4 is 0 Å². The number of imidazole rings is 1. The summed E-state index contributed by atoms with van der Waals surface area (Å²) < 4.78 is 0. The van der Waals surface area contributed by atoms with Crippen LogP contribution in [0.15, 0.2) is 24.5 Å². The molecule has 1 fully saturated rings. The molecule has 3 rings (SSSR count). The molecular weight excluding hydrogens is 234 g/mol. The normalized spacial score (nSPS) is 17.2. The minimum Gasteiger partial charge on any atom is -0.342 e. The summed E-state index contributed by atoms with van der Waals surface area (Å²) in [5.74, 6) is 2.18. The molecule has 1 aliphatic carbocycles. The van der Waals surface area contributed by atoms with Crippen LogP contribution in [0.5, 0.6) is 0 Å². The Morgan fingerprint density at radius 3 is 2.68 bits per heavy atom. The summed E-state index contributed by atoms with van der Waals surface area (Å²) in [7, 11) is 0. The maximum absolute atomic E-state index is 4.55. The van der Waals surface area contributed by atoms with E-state index in [2.05, 4.69) is 40.9 Å². The van der Waals surface area contributed by atoms with Crippen LogP contribution in [0, 0.1) is 0 Å². The average molecular weight is 255 g/mol. The van der Waals surface area contributed by atoms with E-state index >= 15 is 0 Å². The van der Waals surface area contributed by atoms with Gasteiger partial charge in [-0.1, -0.05) is 20.3 Å². The Hall–Kier alpha value is -1.64. The van der Waals surface area contributed by atoms with Gasteiger partial charge >= 0.3 is 0 Å². The molecule has 2 heterocycles. The number of hydrogen-bond donors (Lipinski definition) is 1. The van der Waals surface area contributed by atoms with E-state index in [9.17, 15) is 0 Å². The van der Waals surface area contributed by atoms with Gasteiger partial charge in [-0.15, -0.1) is 0 Å². The van der Waals surface area contributed by atoms with Crippen molar-refractivity contribution in [2.45, 2.75) is 51.4 Å². The number of pyridine rings is 1. The molecule has 1 aliphatic rings. The fraction of sp³-hybridized carbons (Fsp3) is 0.500. The van der Waals surface area contributed by atoms with Gasteiger partial charge in [0.05, 0.1) is 0 Å². The number of aromatic nitrogens is 3. The molecule has 0 saturated heterocycles. The molecule has 2 aromatic rings. The Morgan fingerprint density at radius 1 is 1.26 bits per heavy atom. The number of hydrogen-bond acceptors (Lipinski definition) is 2. The molecule has 100 valence electrons. The Kier molecular flexibility index (Phi) is 3.36. The molecule has 0 spiro atoms. The first kappa shape index (κ1) is 12.4. The van der Waals surface area contributed by atoms with Crippen molar-refractivity contribution in [2.24, 2.45) is 0 Å². The molecule has 1 N–H and O–H groups in total. The second kappa shape index (κ2) is 5.16. The molecule has 0 aliphatic heterocycles. The first-order valence-corrected chi connectivity index (χ1v) is 7.29. The van der Waals surface area contributed by atoms with E-state index in [4.69, 9.17) is 0 Å². The van der Waals surface area contributed by atoms with Crippen molar-refractivity contribution in [3.8, 4) is 11.4 Å². The molecule has 0 bridgehead atoms. The topological polar surface area (TPSA) is 41.6 Å². The maximum atomic E-state index is 4.55. The largest absolute Gasteiger partial charge is 0.342 e. The van der Waals surface area contributed by atoms with Crippen molar-refractivity contribution in [1.82, 2.24) is 15.0 Å². The molecule has 0 aromatic carbocycles. The number of nitrogens with one attached hydrogen (secondary N) is 1. The van der Waals surface area contributed by atoms with Crippen LogP contribution in [0.25, 0.3) is 11.4 Å². The summed E-state index contributed by atoms with van der Waals surface area (Å²) in [5.41, 5.74) is 3.53. The smallest absolute Gasteiger partial charge is 0.139 e. The predicted molar refractivity (Wildman–Crippen MR) is 77.1 cm³/mol. The van der Waals surface area contributed by atoms with Crippen LogP contribution in [0.2, 0.25) is 0 Å². The Balaban J connectivity index is 1.79. The van der Waals surface area contributed by atoms with Crippen molar-refractivity contribution >= 4 is 0 Å². The molecule has 0 radical (unpaired) electrons. The molecule has 1 saturated carbocycles. The number of aromatic amines is 1. The third-order valence-corrected chi connectivity index (χ3v) is 4.32. The zero-order chi connectivity index (χ0) is 13.2. The summed E-state index contributed by atoms with van der Waals surface area (Å²) in [6.07, 6.45) is 9.00. The average Bonchev–Trinajstić information content (AvgIpc) is 2.85. The Labute approximate surface area is 114 Å². The quantitative estimate of drug-likeness (QED) is 0.887. The first-order valence-electron chi connectivity index (χ1n) is 7.29. The van der Waals surface area contributed by atoms with E-state index in [1.54, 1.807) is 0 Å². The standard InChI is InChI=1S/C16H21N3/c1-3-11(2)14-8-7-13(9-17-14)16-18-10-15(19-16)12-5-4-6-12/h7-12H,3-6H2,1-2H3,(H,18,19). The molecule has 1 atom stereocenters. The summed E-state index contributed by atoms with van der Waals surface area (Å²) in [5, 5.41) is 0. The monoisotopic (exact) mass is 255 g/mol. The number of rotatable bonds is 4. The van der Waals surface area contributed by atoms with E-state index < -0.39 is 0 Å². The second-order valence-corrected chi connectivity index (χ2v) is 5.60. The van der Waals surface area contributed by atoms with Crippen LogP contribution >= 0.6 is 0 Å². The van der Waals surface area contributed by atoms with E-state index in [0.29, 0.717) is 11.8 Å². The lowest BCUT2D eigenvalue weighted by Crippen LogP contribution is -2.08. The van der Waals surface area contributed by atoms with E-state index in [0.717, 1.165) is 23.5 Å². The van der Waals surface area contributed by atoms with Crippen molar-refractivity contribution in [3.05, 3.63) is 35.9 Å². The van der Waals surface area contributed by atoms with Crippen LogP contribution in [0.4, 0.5) is 0 Å². The highest BCUT2D eigenvalue weighted by atomic mass is 14.9. The number of nitrogens with zero attached hydrogens (tertiary/aromatic N) is 2. The minimum atomic E-state index is 0.524. The molecule has 0 amide bonds. The first-order chi connectivity index (χ1) is 9.28. The van der Waals surface area contributed by atoms with Gasteiger partial charge in [0.1, 0.15) is 5.82 Å². The lowest BCUT2D eigenvalue weighted by Gasteiger charge is -2.23. The lowest BCUT2D eigenvalue weighted by molar-refractivity contribution is 0.412. The van der Waals surface area contributed by atoms with Gasteiger partial charge in [-0.25, -0.2) is 4.98 Å². The van der Waals surface area contributed by atoms with Gasteiger partial charge in [-0.05, 0) is 37.3 Å². The van der Waals surface area contributed by atoms with Crippen molar-refractivity contribution in [1.29, 1.82) is 0 Å². The lowest BCUT2D eigenvalue weighted by atomic mass is 9.83. The van der Waals surface area contributed by atoms with E-state index in [1.807, 2.05) is 12.4 Å². The van der Waals surface area contributed by atoms with Gasteiger partial charge in [-0.2, -0.15) is 0 Å². The third kappa shape index (κ3) is 2.42. The highest BCUT2D eigenvalue weighted by Gasteiger charge is 2.21. The molecule has 1 unspecified atom stereocenters. The molecule has 3 nitrogen and oxygen atoms in total. The maximum Gasteiger partial charge on any atom is 0.139 e. The van der Waals surface area contributed by atoms with Crippen LogP contribution in [0.3, 0.4) is 0 Å². The van der Waals surface area contributed by atoms with Crippen molar-refractivity contribution in [3.63, 3.8) is 0 Å². The van der Waals surface area contributed by atoms with Gasteiger partial charge in [0.2, 0.25) is 0 Å². The minimum absolute atomic E-state index is 0.524. The van der Waals surface area contributed by atoms with Crippen LogP contribution in [-0.4, -0.2) is 15.0 Å². The predicted octanol–water partition coefficient (Wildman–Crippen LogP) is 4.25. The number of H-pyrrole nitrogens is 1. The van der Waals surface area contributed by atoms with Crippen LogP contribution in [0.1, 0.15) is 62.8 Å². The SMILES string of the molecule is CCC(C)c1ccc(-c2ncc(C3CCC3)[nH]2)cn1. The van der Waals surface area contributed by atoms with Crippen LogP contribution in [-0.2, 0) is 0 Å². The van der Waals surface area contributed by atoms with E-state index in [-0.39, 0.29) is 0 Å². The van der Waals surface area contributed by atoms with Gasteiger partial charge in [0.15, 0.2) is 0 Å². The van der Waals surface area contributed by atoms with Gasteiger partial charge in [0, 0.05) is 35.3 Å². The van der Waals surface area contributed by atoms with Gasteiger partial charge < -0.3 is 4.98 Å². The summed E-state index contributed by atoms with van der Waals surface area (Å²) in [4.78, 5) is 12.5. The van der Waals surface area contributed by atoms with Gasteiger partial charge in [0.25, 0.3) is 0 Å². The fourth-order valence-electron chi connectivity index (χ4n) is 2.45. The Morgan fingerprint density at radius 2 is 2.11 bits per heavy atom. The third-order valence-electron chi connectivity index (χ3n) is 4.32. The fourth-order valence-corrected chi connectivity index (χ4v) is 2.45. The zero-order valence-corrected chi connectivity index (χ0v) is 11.7. The van der Waals surface area contributed by atoms with E-state index in [1.165, 1.54) is 25.0 Å². The van der Waals surface area contributed by atoms with Gasteiger partial charge in [-0.3, -0.25) is 4.98 Å². The molecule has 3 heteroatoms. The highest BCUT2D eigenvalue weighted by Crippen LogP contribution is 2.35. The zero-order valence-electron chi connectivity index (χ0n) is 11.7. The van der Waals surface area contributed by atoms with Crippen molar-refractivity contribution in [2.75, 3.05) is 0 Å². The summed E-state index contributed by atoms with van der Waals surface area (Å²) in [6.45, 7) is 4.40. The molecular formula is C16H21N3. The highest BCUT2D eigenvalue weighted by molar-refractivity contribution is 5.54. The molecule has 19 heavy (non-hydrogen) atoms. The summed E-state index contributed by atoms with van der Waals surface area (Å²) in [6, 6.07) is 4.24. The summed E-state index contributed by atoms with van der Waals surface area (Å²) >= 11 is 0. The Bertz CT molecular complexity index is 537. The molecule has 2 aromatic heterocycles. The second-order valence-electron chi connectivity index (χ2n) is 5.60.